The van der Waals surface area contributed by atoms with Crippen LogP contribution < -0.4 is 0 Å². The lowest BCUT2D eigenvalue weighted by atomic mass is 9.98. The van der Waals surface area contributed by atoms with Gasteiger partial charge < -0.3 is 9.30 Å². The van der Waals surface area contributed by atoms with Gasteiger partial charge in [0, 0.05) is 13.6 Å². The van der Waals surface area contributed by atoms with Crippen LogP contribution in [0.3, 0.4) is 0 Å². The fourth-order valence-corrected chi connectivity index (χ4v) is 2.21. The number of ether oxygens (including phenoxy) is 1. The van der Waals surface area contributed by atoms with Gasteiger partial charge in [-0.15, -0.1) is 10.2 Å². The molecule has 0 aliphatic carbocycles. The number of hydrogen-bond donors (Lipinski definition) is 0. The number of carbonyl (C=O) groups excluding carboxylic acids is 1. The molecule has 1 aliphatic heterocycles. The summed E-state index contributed by atoms with van der Waals surface area (Å²) in [5.41, 5.74) is 0. The van der Waals surface area contributed by atoms with Crippen molar-refractivity contribution in [3.63, 3.8) is 0 Å². The van der Waals surface area contributed by atoms with Crippen molar-refractivity contribution in [1.29, 1.82) is 0 Å². The van der Waals surface area contributed by atoms with E-state index in [1.165, 1.54) is 7.11 Å². The maximum absolute atomic E-state index is 11.5. The molecule has 0 bridgehead atoms. The third-order valence-electron chi connectivity index (χ3n) is 3.21. The van der Waals surface area contributed by atoms with Crippen molar-refractivity contribution in [2.45, 2.75) is 19.4 Å². The summed E-state index contributed by atoms with van der Waals surface area (Å²) in [5, 5.41) is 7.91. The van der Waals surface area contributed by atoms with Crippen LogP contribution in [0.1, 0.15) is 18.7 Å². The summed E-state index contributed by atoms with van der Waals surface area (Å²) < 4.78 is 6.70. The minimum Gasteiger partial charge on any atom is -0.469 e. The molecule has 1 aromatic rings. The molecule has 1 saturated heterocycles. The monoisotopic (exact) mass is 238 g/mol. The number of carbonyl (C=O) groups is 1. The summed E-state index contributed by atoms with van der Waals surface area (Å²) in [6.07, 6.45) is 3.64. The lowest BCUT2D eigenvalue weighted by molar-refractivity contribution is -0.147. The molecule has 2 rings (SSSR count). The molecule has 94 valence electrons. The first kappa shape index (κ1) is 12.0. The molecule has 1 aliphatic rings. The fraction of sp³-hybridized carbons (Fsp3) is 0.727. The molecule has 0 unspecified atom stereocenters. The summed E-state index contributed by atoms with van der Waals surface area (Å²) in [5.74, 6) is 0.824. The van der Waals surface area contributed by atoms with E-state index >= 15 is 0 Å². The number of aryl methyl sites for hydroxylation is 1. The van der Waals surface area contributed by atoms with Gasteiger partial charge in [0.1, 0.15) is 12.2 Å². The maximum atomic E-state index is 11.5. The molecule has 1 aromatic heterocycles. The Kier molecular flexibility index (Phi) is 3.73. The molecule has 1 fully saturated rings. The van der Waals surface area contributed by atoms with Crippen molar-refractivity contribution in [2.24, 2.45) is 13.0 Å². The summed E-state index contributed by atoms with van der Waals surface area (Å²) in [4.78, 5) is 13.7. The Hall–Kier alpha value is -1.43. The Balaban J connectivity index is 1.94. The van der Waals surface area contributed by atoms with Gasteiger partial charge in [0.05, 0.1) is 19.6 Å². The molecular weight excluding hydrogens is 220 g/mol. The standard InChI is InChI=1S/C11H18N4O2/c1-14-8-12-13-10(14)7-15-5-3-4-9(6-15)11(16)17-2/h8-9H,3-7H2,1-2H3/t9-/m0/s1. The minimum absolute atomic E-state index is 0.00183. The zero-order valence-electron chi connectivity index (χ0n) is 10.3. The lowest BCUT2D eigenvalue weighted by Gasteiger charge is -2.30. The van der Waals surface area contributed by atoms with Gasteiger partial charge in [-0.3, -0.25) is 9.69 Å². The topological polar surface area (TPSA) is 60.2 Å². The highest BCUT2D eigenvalue weighted by molar-refractivity contribution is 5.72. The normalized spacial score (nSPS) is 21.4. The molecule has 0 amide bonds. The number of esters is 1. The fourth-order valence-electron chi connectivity index (χ4n) is 2.21. The summed E-state index contributed by atoms with van der Waals surface area (Å²) in [6.45, 7) is 2.49. The Morgan fingerprint density at radius 3 is 3.12 bits per heavy atom. The Morgan fingerprint density at radius 1 is 1.65 bits per heavy atom. The SMILES string of the molecule is COC(=O)[C@H]1CCCN(Cc2nncn2C)C1. The van der Waals surface area contributed by atoms with Crippen LogP contribution in [0.5, 0.6) is 0 Å². The average molecular weight is 238 g/mol. The van der Waals surface area contributed by atoms with Crippen LogP contribution in [-0.2, 0) is 23.1 Å². The van der Waals surface area contributed by atoms with Crippen LogP contribution in [0.2, 0.25) is 0 Å². The smallest absolute Gasteiger partial charge is 0.309 e. The summed E-state index contributed by atoms with van der Waals surface area (Å²) in [6, 6.07) is 0. The van der Waals surface area contributed by atoms with Crippen molar-refractivity contribution in [1.82, 2.24) is 19.7 Å². The lowest BCUT2D eigenvalue weighted by Crippen LogP contribution is -2.39. The number of nitrogens with zero attached hydrogens (tertiary/aromatic N) is 4. The van der Waals surface area contributed by atoms with Crippen molar-refractivity contribution in [3.05, 3.63) is 12.2 Å². The highest BCUT2D eigenvalue weighted by Crippen LogP contribution is 2.18. The number of rotatable bonds is 3. The van der Waals surface area contributed by atoms with Crippen LogP contribution in [0.15, 0.2) is 6.33 Å². The molecule has 1 atom stereocenters. The second-order valence-electron chi connectivity index (χ2n) is 4.46. The highest BCUT2D eigenvalue weighted by atomic mass is 16.5. The predicted molar refractivity (Wildman–Crippen MR) is 61.0 cm³/mol. The van der Waals surface area contributed by atoms with E-state index in [1.807, 2.05) is 11.6 Å². The van der Waals surface area contributed by atoms with E-state index in [2.05, 4.69) is 15.1 Å². The second-order valence-corrected chi connectivity index (χ2v) is 4.46. The van der Waals surface area contributed by atoms with Crippen LogP contribution in [0.4, 0.5) is 0 Å². The zero-order chi connectivity index (χ0) is 12.3. The van der Waals surface area contributed by atoms with Crippen LogP contribution >= 0.6 is 0 Å². The first-order valence-electron chi connectivity index (χ1n) is 5.83. The van der Waals surface area contributed by atoms with Gasteiger partial charge in [0.2, 0.25) is 0 Å². The molecule has 17 heavy (non-hydrogen) atoms. The highest BCUT2D eigenvalue weighted by Gasteiger charge is 2.26. The van der Waals surface area contributed by atoms with Gasteiger partial charge in [-0.05, 0) is 19.4 Å². The Labute approximate surface area is 101 Å². The molecule has 0 saturated carbocycles. The van der Waals surface area contributed by atoms with Gasteiger partial charge in [0.25, 0.3) is 0 Å². The number of likely N-dealkylation sites (tertiary alicyclic amines) is 1. The van der Waals surface area contributed by atoms with E-state index in [0.717, 1.165) is 38.3 Å². The Morgan fingerprint density at radius 2 is 2.47 bits per heavy atom. The summed E-state index contributed by atoms with van der Waals surface area (Å²) >= 11 is 0. The predicted octanol–water partition coefficient (Wildman–Crippen LogP) is 0.200. The first-order valence-corrected chi connectivity index (χ1v) is 5.83. The molecule has 0 N–H and O–H groups in total. The molecule has 2 heterocycles. The minimum atomic E-state index is -0.104. The number of piperidine rings is 1. The Bertz CT molecular complexity index is 391. The van der Waals surface area contributed by atoms with Crippen molar-refractivity contribution in [2.75, 3.05) is 20.2 Å². The summed E-state index contributed by atoms with van der Waals surface area (Å²) in [7, 11) is 3.38. The molecule has 0 spiro atoms. The van der Waals surface area contributed by atoms with Gasteiger partial charge in [-0.2, -0.15) is 0 Å². The number of hydrogen-bond acceptors (Lipinski definition) is 5. The van der Waals surface area contributed by atoms with E-state index in [9.17, 15) is 4.79 Å². The molecule has 6 heteroatoms. The van der Waals surface area contributed by atoms with Gasteiger partial charge >= 0.3 is 5.97 Å². The van der Waals surface area contributed by atoms with Crippen molar-refractivity contribution >= 4 is 5.97 Å². The van der Waals surface area contributed by atoms with Gasteiger partial charge in [-0.25, -0.2) is 0 Å². The van der Waals surface area contributed by atoms with Gasteiger partial charge in [-0.1, -0.05) is 0 Å². The molecular formula is C11H18N4O2. The van der Waals surface area contributed by atoms with E-state index in [-0.39, 0.29) is 11.9 Å². The zero-order valence-corrected chi connectivity index (χ0v) is 10.3. The third-order valence-corrected chi connectivity index (χ3v) is 3.21. The van der Waals surface area contributed by atoms with E-state index in [1.54, 1.807) is 6.33 Å². The maximum Gasteiger partial charge on any atom is 0.309 e. The van der Waals surface area contributed by atoms with Crippen LogP contribution in [0.25, 0.3) is 0 Å². The quantitative estimate of drug-likeness (QED) is 0.704. The molecule has 0 radical (unpaired) electrons. The second kappa shape index (κ2) is 5.27. The van der Waals surface area contributed by atoms with E-state index < -0.39 is 0 Å². The molecule has 0 aromatic carbocycles. The van der Waals surface area contributed by atoms with Crippen molar-refractivity contribution in [3.8, 4) is 0 Å². The van der Waals surface area contributed by atoms with E-state index in [4.69, 9.17) is 4.74 Å². The van der Waals surface area contributed by atoms with E-state index in [0.29, 0.717) is 0 Å². The molecule has 6 nitrogen and oxygen atoms in total. The van der Waals surface area contributed by atoms with Gasteiger partial charge in [0.15, 0.2) is 0 Å². The largest absolute Gasteiger partial charge is 0.469 e. The third kappa shape index (κ3) is 2.82. The van der Waals surface area contributed by atoms with Crippen LogP contribution in [-0.4, -0.2) is 45.8 Å². The van der Waals surface area contributed by atoms with Crippen molar-refractivity contribution < 1.29 is 9.53 Å². The first-order chi connectivity index (χ1) is 8.20. The van der Waals surface area contributed by atoms with Crippen LogP contribution in [0, 0.1) is 5.92 Å². The number of methoxy groups -OCH3 is 1. The number of aromatic nitrogens is 3. The average Bonchev–Trinajstić information content (AvgIpc) is 2.74.